The van der Waals surface area contributed by atoms with Gasteiger partial charge >= 0.3 is 0 Å². The summed E-state index contributed by atoms with van der Waals surface area (Å²) in [5.74, 6) is -0.241. The number of fused-ring (bicyclic) bond motifs is 1. The van der Waals surface area contributed by atoms with Crippen LogP contribution in [-0.4, -0.2) is 16.6 Å². The van der Waals surface area contributed by atoms with Crippen molar-refractivity contribution in [1.29, 1.82) is 0 Å². The van der Waals surface area contributed by atoms with E-state index in [1.54, 1.807) is 12.1 Å². The minimum Gasteiger partial charge on any atom is -0.321 e. The number of hydrogen-bond donors (Lipinski definition) is 2. The second-order valence-electron chi connectivity index (χ2n) is 5.86. The van der Waals surface area contributed by atoms with E-state index in [1.165, 1.54) is 11.3 Å². The van der Waals surface area contributed by atoms with Gasteiger partial charge in [0.15, 0.2) is 0 Å². The van der Waals surface area contributed by atoms with Crippen LogP contribution in [0.5, 0.6) is 0 Å². The average molecular weight is 407 g/mol. The molecule has 0 radical (unpaired) electrons. The van der Waals surface area contributed by atoms with E-state index in [4.69, 9.17) is 23.2 Å². The Morgan fingerprint density at radius 1 is 1.23 bits per heavy atom. The Hall–Kier alpha value is -2.15. The van der Waals surface area contributed by atoms with E-state index in [2.05, 4.69) is 20.8 Å². The summed E-state index contributed by atoms with van der Waals surface area (Å²) in [7, 11) is 0. The molecule has 2 aromatic carbocycles. The van der Waals surface area contributed by atoms with Gasteiger partial charge in [-0.05, 0) is 38.5 Å². The van der Waals surface area contributed by atoms with Gasteiger partial charge < -0.3 is 5.32 Å². The number of amides is 1. The van der Waals surface area contributed by atoms with Crippen LogP contribution in [0.25, 0.3) is 10.2 Å². The smallest absolute Gasteiger partial charge is 0.255 e. The zero-order valence-corrected chi connectivity index (χ0v) is 16.7. The lowest BCUT2D eigenvalue weighted by atomic mass is 10.1. The number of hydrazone groups is 1. The number of nitrogens with one attached hydrogen (secondary N) is 2. The average Bonchev–Trinajstić information content (AvgIpc) is 3.03. The number of thiazole rings is 1. The molecular formula is C18H16Cl2N4OS. The first-order valence-corrected chi connectivity index (χ1v) is 9.36. The molecule has 0 bridgehead atoms. The molecule has 1 amide bonds. The number of aromatic nitrogens is 1. The fraction of sp³-hybridized carbons (Fsp3) is 0.167. The minimum absolute atomic E-state index is 0.241. The van der Waals surface area contributed by atoms with Crippen molar-refractivity contribution in [2.75, 3.05) is 10.7 Å². The first-order valence-electron chi connectivity index (χ1n) is 7.79. The van der Waals surface area contributed by atoms with Gasteiger partial charge in [0.05, 0.1) is 20.4 Å². The van der Waals surface area contributed by atoms with Gasteiger partial charge in [-0.25, -0.2) is 4.98 Å². The Morgan fingerprint density at radius 3 is 2.65 bits per heavy atom. The lowest BCUT2D eigenvalue weighted by Crippen LogP contribution is -2.13. The highest BCUT2D eigenvalue weighted by atomic mass is 35.5. The predicted molar refractivity (Wildman–Crippen MR) is 111 cm³/mol. The summed E-state index contributed by atoms with van der Waals surface area (Å²) in [5.41, 5.74) is 6.22. The van der Waals surface area contributed by atoms with Crippen LogP contribution in [0, 0.1) is 6.92 Å². The molecule has 0 saturated carbocycles. The van der Waals surface area contributed by atoms with Crippen LogP contribution in [0.2, 0.25) is 10.0 Å². The van der Waals surface area contributed by atoms with Crippen molar-refractivity contribution in [2.45, 2.75) is 20.8 Å². The van der Waals surface area contributed by atoms with Crippen molar-refractivity contribution in [3.05, 3.63) is 51.5 Å². The Morgan fingerprint density at radius 2 is 1.96 bits per heavy atom. The largest absolute Gasteiger partial charge is 0.321 e. The Balaban J connectivity index is 1.97. The third-order valence-electron chi connectivity index (χ3n) is 3.57. The zero-order valence-electron chi connectivity index (χ0n) is 14.4. The summed E-state index contributed by atoms with van der Waals surface area (Å²) in [5, 5.41) is 8.35. The number of carbonyl (C=O) groups excluding carboxylic acids is 1. The summed E-state index contributed by atoms with van der Waals surface area (Å²) in [6.45, 7) is 5.63. The number of anilines is 2. The van der Waals surface area contributed by atoms with Crippen molar-refractivity contribution in [3.63, 3.8) is 0 Å². The Labute approximate surface area is 165 Å². The third-order valence-corrected chi connectivity index (χ3v) is 5.34. The topological polar surface area (TPSA) is 66.4 Å². The molecule has 1 heterocycles. The normalized spacial score (nSPS) is 10.7. The van der Waals surface area contributed by atoms with Crippen LogP contribution in [0.1, 0.15) is 29.8 Å². The van der Waals surface area contributed by atoms with Crippen LogP contribution in [0.15, 0.2) is 35.4 Å². The maximum Gasteiger partial charge on any atom is 0.255 e. The highest BCUT2D eigenvalue weighted by Crippen LogP contribution is 2.41. The van der Waals surface area contributed by atoms with Crippen molar-refractivity contribution >= 4 is 67.2 Å². The number of hydrogen-bond acceptors (Lipinski definition) is 5. The van der Waals surface area contributed by atoms with Crippen LogP contribution < -0.4 is 10.7 Å². The van der Waals surface area contributed by atoms with Crippen molar-refractivity contribution in [2.24, 2.45) is 5.10 Å². The van der Waals surface area contributed by atoms with E-state index in [-0.39, 0.29) is 5.91 Å². The van der Waals surface area contributed by atoms with Gasteiger partial charge in [-0.1, -0.05) is 52.7 Å². The highest BCUT2D eigenvalue weighted by Gasteiger charge is 2.17. The Kier molecular flexibility index (Phi) is 5.46. The molecule has 8 heteroatoms. The molecule has 0 spiro atoms. The fourth-order valence-corrected chi connectivity index (χ4v) is 3.81. The van der Waals surface area contributed by atoms with Gasteiger partial charge in [-0.15, -0.1) is 0 Å². The van der Waals surface area contributed by atoms with Crippen molar-refractivity contribution in [1.82, 2.24) is 4.98 Å². The van der Waals surface area contributed by atoms with Gasteiger partial charge in [0, 0.05) is 11.3 Å². The van der Waals surface area contributed by atoms with E-state index in [0.717, 1.165) is 11.3 Å². The first-order chi connectivity index (χ1) is 12.4. The van der Waals surface area contributed by atoms with E-state index in [0.29, 0.717) is 36.6 Å². The van der Waals surface area contributed by atoms with Gasteiger partial charge in [-0.3, -0.25) is 10.2 Å². The van der Waals surface area contributed by atoms with E-state index in [1.807, 2.05) is 39.0 Å². The molecule has 0 fully saturated rings. The maximum atomic E-state index is 12.6. The lowest BCUT2D eigenvalue weighted by molar-refractivity contribution is 0.102. The van der Waals surface area contributed by atoms with Crippen LogP contribution in [0.3, 0.4) is 0 Å². The molecule has 0 aliphatic rings. The number of nitrogens with zero attached hydrogens (tertiary/aromatic N) is 2. The molecule has 3 aromatic rings. The van der Waals surface area contributed by atoms with Gasteiger partial charge in [0.2, 0.25) is 5.13 Å². The standard InChI is InChI=1S/C18H16Cl2N4OS/c1-9(2)23-24-18-22-15-12(19)8-13(14(20)16(15)26-18)21-17(25)11-7-5-4-6-10(11)3/h4-8H,1-3H3,(H,21,25)(H,22,24). The number of aryl methyl sites for hydroxylation is 1. The molecule has 1 aromatic heterocycles. The molecule has 5 nitrogen and oxygen atoms in total. The molecule has 3 rings (SSSR count). The molecule has 0 atom stereocenters. The number of halogens is 2. The van der Waals surface area contributed by atoms with Gasteiger partial charge in [0.1, 0.15) is 5.52 Å². The summed E-state index contributed by atoms with van der Waals surface area (Å²) in [6.07, 6.45) is 0. The fourth-order valence-electron chi connectivity index (χ4n) is 2.33. The zero-order chi connectivity index (χ0) is 18.8. The summed E-state index contributed by atoms with van der Waals surface area (Å²) in [4.78, 5) is 17.0. The van der Waals surface area contributed by atoms with Crippen molar-refractivity contribution < 1.29 is 4.79 Å². The molecular weight excluding hydrogens is 391 g/mol. The van der Waals surface area contributed by atoms with Crippen LogP contribution >= 0.6 is 34.5 Å². The van der Waals surface area contributed by atoms with Crippen LogP contribution in [0.4, 0.5) is 10.8 Å². The maximum absolute atomic E-state index is 12.6. The first kappa shape index (κ1) is 18.6. The minimum atomic E-state index is -0.241. The summed E-state index contributed by atoms with van der Waals surface area (Å²) >= 11 is 14.2. The Bertz CT molecular complexity index is 1030. The summed E-state index contributed by atoms with van der Waals surface area (Å²) < 4.78 is 0.686. The monoisotopic (exact) mass is 406 g/mol. The number of carbonyl (C=O) groups is 1. The molecule has 26 heavy (non-hydrogen) atoms. The summed E-state index contributed by atoms with van der Waals surface area (Å²) in [6, 6.07) is 8.95. The lowest BCUT2D eigenvalue weighted by Gasteiger charge is -2.10. The third kappa shape index (κ3) is 3.82. The van der Waals surface area contributed by atoms with Gasteiger partial charge in [-0.2, -0.15) is 5.10 Å². The second-order valence-corrected chi connectivity index (χ2v) is 7.64. The van der Waals surface area contributed by atoms with E-state index >= 15 is 0 Å². The van der Waals surface area contributed by atoms with E-state index in [9.17, 15) is 4.79 Å². The molecule has 2 N–H and O–H groups in total. The highest BCUT2D eigenvalue weighted by molar-refractivity contribution is 7.23. The van der Waals surface area contributed by atoms with Crippen molar-refractivity contribution in [3.8, 4) is 0 Å². The van der Waals surface area contributed by atoms with Crippen LogP contribution in [-0.2, 0) is 0 Å². The quantitative estimate of drug-likeness (QED) is 0.414. The SMILES string of the molecule is CC(C)=NNc1nc2c(Cl)cc(NC(=O)c3ccccc3C)c(Cl)c2s1. The van der Waals surface area contributed by atoms with E-state index < -0.39 is 0 Å². The molecule has 0 aliphatic carbocycles. The molecule has 0 saturated heterocycles. The molecule has 0 aliphatic heterocycles. The predicted octanol–water partition coefficient (Wildman–Crippen LogP) is 5.97. The van der Waals surface area contributed by atoms with Gasteiger partial charge in [0.25, 0.3) is 5.91 Å². The molecule has 0 unspecified atom stereocenters. The number of rotatable bonds is 4. The second kappa shape index (κ2) is 7.61. The number of benzene rings is 2. The molecule has 134 valence electrons.